The van der Waals surface area contributed by atoms with Crippen LogP contribution in [0.1, 0.15) is 25.8 Å². The van der Waals surface area contributed by atoms with Gasteiger partial charge < -0.3 is 5.11 Å². The van der Waals surface area contributed by atoms with Gasteiger partial charge in [0.25, 0.3) is 0 Å². The summed E-state index contributed by atoms with van der Waals surface area (Å²) >= 11 is 1.09. The first-order chi connectivity index (χ1) is 10.4. The molecular weight excluding hydrogens is 302 g/mol. The fraction of sp³-hybridized carbons (Fsp3) is 0.438. The van der Waals surface area contributed by atoms with Gasteiger partial charge in [0.2, 0.25) is 5.91 Å². The van der Waals surface area contributed by atoms with Crippen molar-refractivity contribution in [3.8, 4) is 0 Å². The minimum Gasteiger partial charge on any atom is -0.480 e. The number of hydrogen-bond donors (Lipinski definition) is 1. The van der Waals surface area contributed by atoms with Gasteiger partial charge in [-0.2, -0.15) is 0 Å². The molecule has 118 valence electrons. The zero-order chi connectivity index (χ0) is 16.3. The number of aliphatic carboxylic acids is 1. The summed E-state index contributed by atoms with van der Waals surface area (Å²) in [5.41, 5.74) is 1.66. The van der Waals surface area contributed by atoms with E-state index in [1.165, 1.54) is 11.8 Å². The number of carboxylic acids is 1. The molecule has 22 heavy (non-hydrogen) atoms. The number of carbonyl (C=O) groups excluding carboxylic acids is 2. The second-order valence-corrected chi connectivity index (χ2v) is 6.63. The summed E-state index contributed by atoms with van der Waals surface area (Å²) in [7, 11) is 0. The number of amides is 1. The van der Waals surface area contributed by atoms with Gasteiger partial charge in [0.05, 0.1) is 0 Å². The highest BCUT2D eigenvalue weighted by Crippen LogP contribution is 2.32. The van der Waals surface area contributed by atoms with Gasteiger partial charge in [0.15, 0.2) is 5.12 Å². The molecule has 0 bridgehead atoms. The van der Waals surface area contributed by atoms with Crippen LogP contribution < -0.4 is 4.90 Å². The van der Waals surface area contributed by atoms with Crippen LogP contribution in [0.2, 0.25) is 0 Å². The van der Waals surface area contributed by atoms with E-state index in [-0.39, 0.29) is 11.0 Å². The van der Waals surface area contributed by atoms with Crippen LogP contribution in [0.15, 0.2) is 24.3 Å². The molecule has 1 heterocycles. The molecule has 0 aliphatic carbocycles. The van der Waals surface area contributed by atoms with Crippen molar-refractivity contribution in [3.05, 3.63) is 29.8 Å². The third-order valence-electron chi connectivity index (χ3n) is 3.73. The van der Waals surface area contributed by atoms with Crippen LogP contribution in [-0.2, 0) is 20.8 Å². The fourth-order valence-corrected chi connectivity index (χ4v) is 3.23. The van der Waals surface area contributed by atoms with E-state index in [0.29, 0.717) is 24.3 Å². The van der Waals surface area contributed by atoms with Gasteiger partial charge in [-0.25, -0.2) is 4.79 Å². The summed E-state index contributed by atoms with van der Waals surface area (Å²) in [6, 6.07) is 6.55. The van der Waals surface area contributed by atoms with E-state index < -0.39 is 17.9 Å². The first-order valence-corrected chi connectivity index (χ1v) is 8.17. The molecule has 0 unspecified atom stereocenters. The van der Waals surface area contributed by atoms with Crippen molar-refractivity contribution < 1.29 is 19.5 Å². The van der Waals surface area contributed by atoms with Gasteiger partial charge in [-0.05, 0) is 24.5 Å². The van der Waals surface area contributed by atoms with Gasteiger partial charge in [-0.3, -0.25) is 14.5 Å². The largest absolute Gasteiger partial charge is 0.480 e. The SMILES string of the molecule is CC(=O)SC[C@H](C)C(=O)N1c2ccccc2CC[C@H]1C(=O)O. The van der Waals surface area contributed by atoms with E-state index in [0.717, 1.165) is 17.3 Å². The van der Waals surface area contributed by atoms with Gasteiger partial charge in [-0.15, -0.1) is 0 Å². The predicted octanol–water partition coefficient (Wildman–Crippen LogP) is 2.33. The number of aryl methyl sites for hydroxylation is 1. The van der Waals surface area contributed by atoms with Crippen LogP contribution >= 0.6 is 11.8 Å². The minimum atomic E-state index is -0.991. The number of hydrogen-bond acceptors (Lipinski definition) is 4. The zero-order valence-electron chi connectivity index (χ0n) is 12.6. The summed E-state index contributed by atoms with van der Waals surface area (Å²) in [6.45, 7) is 3.19. The van der Waals surface area contributed by atoms with Crippen LogP contribution in [0.4, 0.5) is 5.69 Å². The molecule has 5 nitrogen and oxygen atoms in total. The lowest BCUT2D eigenvalue weighted by Crippen LogP contribution is -2.50. The smallest absolute Gasteiger partial charge is 0.326 e. The average molecular weight is 321 g/mol. The second kappa shape index (κ2) is 6.96. The Balaban J connectivity index is 2.29. The van der Waals surface area contributed by atoms with Crippen LogP contribution in [0.25, 0.3) is 0 Å². The van der Waals surface area contributed by atoms with Crippen LogP contribution in [-0.4, -0.2) is 33.9 Å². The fourth-order valence-electron chi connectivity index (χ4n) is 2.60. The molecule has 0 fully saturated rings. The average Bonchev–Trinajstić information content (AvgIpc) is 2.50. The molecule has 1 aliphatic rings. The Morgan fingerprint density at radius 1 is 1.36 bits per heavy atom. The molecule has 2 atom stereocenters. The van der Waals surface area contributed by atoms with Gasteiger partial charge in [0, 0.05) is 24.3 Å². The van der Waals surface area contributed by atoms with E-state index in [1.54, 1.807) is 19.1 Å². The molecule has 1 amide bonds. The first kappa shape index (κ1) is 16.5. The minimum absolute atomic E-state index is 0.0477. The lowest BCUT2D eigenvalue weighted by molar-refractivity contribution is -0.140. The topological polar surface area (TPSA) is 74.7 Å². The molecular formula is C16H19NO4S. The summed E-state index contributed by atoms with van der Waals surface area (Å²) in [6.07, 6.45) is 1.05. The standard InChI is InChI=1S/C16H19NO4S/c1-10(9-22-11(2)18)15(19)17-13-6-4-3-5-12(13)7-8-14(17)16(20)21/h3-6,10,14H,7-9H2,1-2H3,(H,20,21)/t10-,14-/m0/s1. The van der Waals surface area contributed by atoms with Gasteiger partial charge in [0.1, 0.15) is 6.04 Å². The Hall–Kier alpha value is -1.82. The molecule has 1 aliphatic heterocycles. The van der Waals surface area contributed by atoms with E-state index in [9.17, 15) is 19.5 Å². The van der Waals surface area contributed by atoms with Crippen molar-refractivity contribution in [2.24, 2.45) is 5.92 Å². The van der Waals surface area contributed by atoms with Crippen molar-refractivity contribution in [2.75, 3.05) is 10.7 Å². The lowest BCUT2D eigenvalue weighted by Gasteiger charge is -2.36. The quantitative estimate of drug-likeness (QED) is 0.921. The monoisotopic (exact) mass is 321 g/mol. The molecule has 0 radical (unpaired) electrons. The molecule has 0 saturated heterocycles. The zero-order valence-corrected chi connectivity index (χ0v) is 13.4. The molecule has 0 spiro atoms. The Morgan fingerprint density at radius 2 is 2.05 bits per heavy atom. The number of thioether (sulfide) groups is 1. The molecule has 1 N–H and O–H groups in total. The highest BCUT2D eigenvalue weighted by molar-refractivity contribution is 8.13. The molecule has 2 rings (SSSR count). The van der Waals surface area contributed by atoms with E-state index in [1.807, 2.05) is 12.1 Å². The second-order valence-electron chi connectivity index (χ2n) is 5.43. The van der Waals surface area contributed by atoms with E-state index in [2.05, 4.69) is 0 Å². The third-order valence-corrected chi connectivity index (χ3v) is 4.80. The van der Waals surface area contributed by atoms with Gasteiger partial charge >= 0.3 is 5.97 Å². The normalized spacial score (nSPS) is 18.5. The number of fused-ring (bicyclic) bond motifs is 1. The van der Waals surface area contributed by atoms with Crippen LogP contribution in [0.5, 0.6) is 0 Å². The van der Waals surface area contributed by atoms with E-state index >= 15 is 0 Å². The van der Waals surface area contributed by atoms with E-state index in [4.69, 9.17) is 0 Å². The maximum absolute atomic E-state index is 12.7. The third kappa shape index (κ3) is 3.50. The molecule has 0 saturated carbocycles. The number of para-hydroxylation sites is 1. The Morgan fingerprint density at radius 3 is 2.68 bits per heavy atom. The maximum atomic E-state index is 12.7. The highest BCUT2D eigenvalue weighted by atomic mass is 32.2. The number of benzene rings is 1. The number of rotatable bonds is 4. The van der Waals surface area contributed by atoms with Crippen molar-refractivity contribution in [1.82, 2.24) is 0 Å². The number of anilines is 1. The van der Waals surface area contributed by atoms with Crippen molar-refractivity contribution in [3.63, 3.8) is 0 Å². The number of carbonyl (C=O) groups is 3. The van der Waals surface area contributed by atoms with Crippen LogP contribution in [0, 0.1) is 5.92 Å². The number of nitrogens with zero attached hydrogens (tertiary/aromatic N) is 1. The van der Waals surface area contributed by atoms with Crippen LogP contribution in [0.3, 0.4) is 0 Å². The summed E-state index contributed by atoms with van der Waals surface area (Å²) < 4.78 is 0. The Labute approximate surface area is 133 Å². The summed E-state index contributed by atoms with van der Waals surface area (Å²) in [4.78, 5) is 36.7. The predicted molar refractivity (Wildman–Crippen MR) is 86.0 cm³/mol. The molecule has 1 aromatic carbocycles. The Bertz CT molecular complexity index is 602. The highest BCUT2D eigenvalue weighted by Gasteiger charge is 2.37. The first-order valence-electron chi connectivity index (χ1n) is 7.19. The lowest BCUT2D eigenvalue weighted by atomic mass is 9.94. The molecule has 1 aromatic rings. The molecule has 0 aromatic heterocycles. The maximum Gasteiger partial charge on any atom is 0.326 e. The molecule has 6 heteroatoms. The van der Waals surface area contributed by atoms with Crippen molar-refractivity contribution in [2.45, 2.75) is 32.7 Å². The number of carboxylic acid groups (broad SMARTS) is 1. The summed E-state index contributed by atoms with van der Waals surface area (Å²) in [5.74, 6) is -1.29. The summed E-state index contributed by atoms with van der Waals surface area (Å²) in [5, 5.41) is 9.38. The Kier molecular flexibility index (Phi) is 5.24. The van der Waals surface area contributed by atoms with Gasteiger partial charge in [-0.1, -0.05) is 36.9 Å². The van der Waals surface area contributed by atoms with Crippen molar-refractivity contribution in [1.29, 1.82) is 0 Å². The van der Waals surface area contributed by atoms with Crippen molar-refractivity contribution >= 4 is 34.4 Å².